The van der Waals surface area contributed by atoms with Crippen molar-refractivity contribution >= 4 is 0 Å². The summed E-state index contributed by atoms with van der Waals surface area (Å²) in [6, 6.07) is 14.7. The lowest BCUT2D eigenvalue weighted by Gasteiger charge is -2.23. The van der Waals surface area contributed by atoms with E-state index in [4.69, 9.17) is 14.5 Å². The molecule has 5 heteroatoms. The van der Waals surface area contributed by atoms with Crippen molar-refractivity contribution < 1.29 is 13.9 Å². The molecule has 3 aromatic rings. The van der Waals surface area contributed by atoms with Gasteiger partial charge in [-0.1, -0.05) is 30.3 Å². The number of hydrogen-bond donors (Lipinski definition) is 0. The summed E-state index contributed by atoms with van der Waals surface area (Å²) in [7, 11) is 1.57. The SMILES string of the molecule is COc1cc(F)ccc1-c1c(-c2ccccc2)ncn1CC1CCOCC1. The van der Waals surface area contributed by atoms with E-state index < -0.39 is 0 Å². The number of ether oxygens (including phenoxy) is 2. The van der Waals surface area contributed by atoms with Crippen LogP contribution in [0.4, 0.5) is 4.39 Å². The van der Waals surface area contributed by atoms with Crippen molar-refractivity contribution in [3.8, 4) is 28.3 Å². The molecular formula is C22H23FN2O2. The minimum atomic E-state index is -0.313. The van der Waals surface area contributed by atoms with Crippen LogP contribution in [-0.2, 0) is 11.3 Å². The first-order valence-electron chi connectivity index (χ1n) is 9.28. The van der Waals surface area contributed by atoms with Crippen molar-refractivity contribution in [2.24, 2.45) is 5.92 Å². The zero-order chi connectivity index (χ0) is 18.6. The van der Waals surface area contributed by atoms with Crippen LogP contribution < -0.4 is 4.74 Å². The molecule has 2 aromatic carbocycles. The standard InChI is InChI=1S/C22H23FN2O2/c1-26-20-13-18(23)7-8-19(20)22-21(17-5-3-2-4-6-17)24-15-25(22)14-16-9-11-27-12-10-16/h2-8,13,15-16H,9-12,14H2,1H3. The topological polar surface area (TPSA) is 36.3 Å². The fraction of sp³-hybridized carbons (Fsp3) is 0.318. The van der Waals surface area contributed by atoms with E-state index in [0.717, 1.165) is 55.1 Å². The van der Waals surface area contributed by atoms with Crippen molar-refractivity contribution in [3.05, 3.63) is 60.7 Å². The zero-order valence-electron chi connectivity index (χ0n) is 15.4. The Morgan fingerprint density at radius 3 is 2.67 bits per heavy atom. The van der Waals surface area contributed by atoms with E-state index in [1.54, 1.807) is 13.2 Å². The van der Waals surface area contributed by atoms with Crippen LogP contribution in [0, 0.1) is 11.7 Å². The number of hydrogen-bond acceptors (Lipinski definition) is 3. The Labute approximate surface area is 158 Å². The first kappa shape index (κ1) is 17.7. The number of rotatable bonds is 5. The van der Waals surface area contributed by atoms with Gasteiger partial charge in [-0.15, -0.1) is 0 Å². The van der Waals surface area contributed by atoms with E-state index in [1.165, 1.54) is 12.1 Å². The highest BCUT2D eigenvalue weighted by molar-refractivity contribution is 5.81. The molecular weight excluding hydrogens is 343 g/mol. The molecule has 0 unspecified atom stereocenters. The molecule has 0 saturated carbocycles. The lowest BCUT2D eigenvalue weighted by atomic mass is 9.99. The smallest absolute Gasteiger partial charge is 0.131 e. The normalized spacial score (nSPS) is 15.0. The minimum absolute atomic E-state index is 0.313. The fourth-order valence-electron chi connectivity index (χ4n) is 3.68. The second-order valence-electron chi connectivity index (χ2n) is 6.86. The molecule has 0 spiro atoms. The molecule has 1 aliphatic heterocycles. The second-order valence-corrected chi connectivity index (χ2v) is 6.86. The molecule has 4 nitrogen and oxygen atoms in total. The molecule has 0 amide bonds. The van der Waals surface area contributed by atoms with Crippen molar-refractivity contribution in [3.63, 3.8) is 0 Å². The zero-order valence-corrected chi connectivity index (χ0v) is 15.4. The molecule has 0 N–H and O–H groups in total. The van der Waals surface area contributed by atoms with Gasteiger partial charge in [0.15, 0.2) is 0 Å². The fourth-order valence-corrected chi connectivity index (χ4v) is 3.68. The molecule has 0 bridgehead atoms. The van der Waals surface area contributed by atoms with Gasteiger partial charge in [0.2, 0.25) is 0 Å². The summed E-state index contributed by atoms with van der Waals surface area (Å²) in [5, 5.41) is 0. The van der Waals surface area contributed by atoms with Crippen LogP contribution in [0.5, 0.6) is 5.75 Å². The van der Waals surface area contributed by atoms with Gasteiger partial charge in [0.25, 0.3) is 0 Å². The largest absolute Gasteiger partial charge is 0.496 e. The van der Waals surface area contributed by atoms with Gasteiger partial charge in [0, 0.05) is 37.0 Å². The monoisotopic (exact) mass is 366 g/mol. The molecule has 1 saturated heterocycles. The van der Waals surface area contributed by atoms with Crippen LogP contribution in [0.1, 0.15) is 12.8 Å². The maximum atomic E-state index is 13.8. The predicted molar refractivity (Wildman–Crippen MR) is 103 cm³/mol. The number of aromatic nitrogens is 2. The Kier molecular flexibility index (Phi) is 5.21. The first-order chi connectivity index (χ1) is 13.3. The van der Waals surface area contributed by atoms with Gasteiger partial charge in [-0.05, 0) is 30.9 Å². The number of benzene rings is 2. The molecule has 1 fully saturated rings. The average molecular weight is 366 g/mol. The van der Waals surface area contributed by atoms with Crippen LogP contribution in [0.2, 0.25) is 0 Å². The molecule has 0 aliphatic carbocycles. The summed E-state index contributed by atoms with van der Waals surface area (Å²) in [4.78, 5) is 4.71. The molecule has 0 atom stereocenters. The minimum Gasteiger partial charge on any atom is -0.496 e. The predicted octanol–water partition coefficient (Wildman–Crippen LogP) is 4.79. The van der Waals surface area contributed by atoms with E-state index >= 15 is 0 Å². The molecule has 0 radical (unpaired) electrons. The molecule has 4 rings (SSSR count). The highest BCUT2D eigenvalue weighted by Gasteiger charge is 2.22. The van der Waals surface area contributed by atoms with E-state index in [1.807, 2.05) is 36.7 Å². The summed E-state index contributed by atoms with van der Waals surface area (Å²) < 4.78 is 26.9. The van der Waals surface area contributed by atoms with Gasteiger partial charge in [-0.25, -0.2) is 9.37 Å². The third-order valence-corrected chi connectivity index (χ3v) is 5.10. The van der Waals surface area contributed by atoms with Crippen molar-refractivity contribution in [1.29, 1.82) is 0 Å². The van der Waals surface area contributed by atoms with Crippen LogP contribution in [0.15, 0.2) is 54.9 Å². The third kappa shape index (κ3) is 3.74. The maximum Gasteiger partial charge on any atom is 0.131 e. The van der Waals surface area contributed by atoms with Crippen molar-refractivity contribution in [2.75, 3.05) is 20.3 Å². The molecule has 140 valence electrons. The van der Waals surface area contributed by atoms with E-state index in [0.29, 0.717) is 11.7 Å². The van der Waals surface area contributed by atoms with Gasteiger partial charge < -0.3 is 14.0 Å². The highest BCUT2D eigenvalue weighted by atomic mass is 19.1. The number of imidazole rings is 1. The van der Waals surface area contributed by atoms with Crippen molar-refractivity contribution in [1.82, 2.24) is 9.55 Å². The number of methoxy groups -OCH3 is 1. The Hall–Kier alpha value is -2.66. The van der Waals surface area contributed by atoms with Crippen LogP contribution >= 0.6 is 0 Å². The summed E-state index contributed by atoms with van der Waals surface area (Å²) >= 11 is 0. The quantitative estimate of drug-likeness (QED) is 0.651. The van der Waals surface area contributed by atoms with Gasteiger partial charge in [-0.2, -0.15) is 0 Å². The molecule has 1 aliphatic rings. The molecule has 2 heterocycles. The van der Waals surface area contributed by atoms with Crippen molar-refractivity contribution in [2.45, 2.75) is 19.4 Å². The Bertz CT molecular complexity index is 902. The van der Waals surface area contributed by atoms with Crippen LogP contribution in [0.25, 0.3) is 22.5 Å². The highest BCUT2D eigenvalue weighted by Crippen LogP contribution is 2.37. The second kappa shape index (κ2) is 7.92. The van der Waals surface area contributed by atoms with E-state index in [-0.39, 0.29) is 5.82 Å². The maximum absolute atomic E-state index is 13.8. The Morgan fingerprint density at radius 2 is 1.93 bits per heavy atom. The summed E-state index contributed by atoms with van der Waals surface area (Å²) in [6.07, 6.45) is 3.97. The molecule has 1 aromatic heterocycles. The van der Waals surface area contributed by atoms with Crippen LogP contribution in [-0.4, -0.2) is 29.9 Å². The Balaban J connectivity index is 1.82. The van der Waals surface area contributed by atoms with E-state index in [2.05, 4.69) is 4.57 Å². The third-order valence-electron chi connectivity index (χ3n) is 5.10. The van der Waals surface area contributed by atoms with Crippen LogP contribution in [0.3, 0.4) is 0 Å². The van der Waals surface area contributed by atoms with Gasteiger partial charge in [0.05, 0.1) is 24.8 Å². The Morgan fingerprint density at radius 1 is 1.15 bits per heavy atom. The lowest BCUT2D eigenvalue weighted by molar-refractivity contribution is 0.0614. The summed E-state index contributed by atoms with van der Waals surface area (Å²) in [5.74, 6) is 0.745. The first-order valence-corrected chi connectivity index (χ1v) is 9.28. The van der Waals surface area contributed by atoms with Gasteiger partial charge in [0.1, 0.15) is 11.6 Å². The van der Waals surface area contributed by atoms with Gasteiger partial charge >= 0.3 is 0 Å². The summed E-state index contributed by atoms with van der Waals surface area (Å²) in [6.45, 7) is 2.47. The number of halogens is 1. The van der Waals surface area contributed by atoms with E-state index in [9.17, 15) is 4.39 Å². The number of nitrogens with zero attached hydrogens (tertiary/aromatic N) is 2. The average Bonchev–Trinajstić information content (AvgIpc) is 3.12. The lowest BCUT2D eigenvalue weighted by Crippen LogP contribution is -2.20. The summed E-state index contributed by atoms with van der Waals surface area (Å²) in [5.41, 5.74) is 3.73. The van der Waals surface area contributed by atoms with Gasteiger partial charge in [-0.3, -0.25) is 0 Å². The molecule has 27 heavy (non-hydrogen) atoms.